The second kappa shape index (κ2) is 5.80. The summed E-state index contributed by atoms with van der Waals surface area (Å²) in [6, 6.07) is -1.42. The van der Waals surface area contributed by atoms with Gasteiger partial charge in [0, 0.05) is 19.7 Å². The fourth-order valence-electron chi connectivity index (χ4n) is 1.31. The molecule has 1 rings (SSSR count). The van der Waals surface area contributed by atoms with E-state index in [1.807, 2.05) is 4.72 Å². The molecule has 10 heteroatoms. The predicted octanol–water partition coefficient (Wildman–Crippen LogP) is -1.58. The van der Waals surface area contributed by atoms with Crippen molar-refractivity contribution in [2.45, 2.75) is 23.8 Å². The van der Waals surface area contributed by atoms with E-state index in [-0.39, 0.29) is 17.7 Å². The highest BCUT2D eigenvalue weighted by molar-refractivity contribution is 7.89. The zero-order chi connectivity index (χ0) is 14.6. The Hall–Kier alpha value is -1.94. The van der Waals surface area contributed by atoms with Gasteiger partial charge in [-0.1, -0.05) is 0 Å². The summed E-state index contributed by atoms with van der Waals surface area (Å²) >= 11 is 0. The smallest absolute Gasteiger partial charge is 0.321 e. The Labute approximate surface area is 109 Å². The van der Waals surface area contributed by atoms with Crippen molar-refractivity contribution in [1.82, 2.24) is 14.5 Å². The number of hydrogen-bond donors (Lipinski definition) is 3. The van der Waals surface area contributed by atoms with Gasteiger partial charge >= 0.3 is 5.97 Å². The maximum atomic E-state index is 11.9. The molecule has 9 nitrogen and oxygen atoms in total. The third-order valence-electron chi connectivity index (χ3n) is 2.27. The van der Waals surface area contributed by atoms with Crippen LogP contribution < -0.4 is 10.5 Å². The number of aromatic nitrogens is 2. The van der Waals surface area contributed by atoms with E-state index in [9.17, 15) is 18.0 Å². The van der Waals surface area contributed by atoms with E-state index < -0.39 is 27.9 Å². The first-order valence-corrected chi connectivity index (χ1v) is 6.73. The van der Waals surface area contributed by atoms with Crippen LogP contribution in [0.4, 0.5) is 0 Å². The van der Waals surface area contributed by atoms with Gasteiger partial charge in [-0.05, 0) is 6.42 Å². The van der Waals surface area contributed by atoms with Crippen LogP contribution in [0.15, 0.2) is 17.3 Å². The normalized spacial score (nSPS) is 13.1. The summed E-state index contributed by atoms with van der Waals surface area (Å²) in [5, 5.41) is 12.6. The molecule has 1 aromatic rings. The molecule has 0 aliphatic carbocycles. The van der Waals surface area contributed by atoms with E-state index in [0.717, 1.165) is 6.20 Å². The first-order chi connectivity index (χ1) is 8.72. The van der Waals surface area contributed by atoms with Crippen molar-refractivity contribution >= 4 is 21.9 Å². The van der Waals surface area contributed by atoms with Gasteiger partial charge in [0.15, 0.2) is 0 Å². The second-order valence-corrected chi connectivity index (χ2v) is 5.58. The number of rotatable bonds is 7. The van der Waals surface area contributed by atoms with Crippen molar-refractivity contribution < 1.29 is 23.1 Å². The molecule has 0 bridgehead atoms. The van der Waals surface area contributed by atoms with Crippen LogP contribution in [0.5, 0.6) is 0 Å². The molecule has 4 N–H and O–H groups in total. The van der Waals surface area contributed by atoms with Gasteiger partial charge in [-0.3, -0.25) is 14.3 Å². The molecule has 0 aliphatic heterocycles. The van der Waals surface area contributed by atoms with Crippen LogP contribution in [0, 0.1) is 0 Å². The van der Waals surface area contributed by atoms with Crippen molar-refractivity contribution in [3.05, 3.63) is 12.4 Å². The van der Waals surface area contributed by atoms with Gasteiger partial charge in [0.2, 0.25) is 15.9 Å². The van der Waals surface area contributed by atoms with Crippen molar-refractivity contribution in [2.24, 2.45) is 12.8 Å². The quantitative estimate of drug-likeness (QED) is 0.552. The van der Waals surface area contributed by atoms with Gasteiger partial charge in [-0.15, -0.1) is 0 Å². The molecule has 1 amide bonds. The number of carboxylic acid groups (broad SMARTS) is 1. The first-order valence-electron chi connectivity index (χ1n) is 5.24. The maximum absolute atomic E-state index is 11.9. The predicted molar refractivity (Wildman–Crippen MR) is 63.4 cm³/mol. The molecular formula is C9H14N4O5S. The van der Waals surface area contributed by atoms with Crippen LogP contribution in [-0.4, -0.2) is 41.2 Å². The highest BCUT2D eigenvalue weighted by atomic mass is 32.2. The number of amides is 1. The minimum absolute atomic E-state index is 0.152. The minimum Gasteiger partial charge on any atom is -0.480 e. The van der Waals surface area contributed by atoms with Gasteiger partial charge in [0.25, 0.3) is 0 Å². The lowest BCUT2D eigenvalue weighted by molar-refractivity contribution is -0.139. The highest BCUT2D eigenvalue weighted by Gasteiger charge is 2.26. The summed E-state index contributed by atoms with van der Waals surface area (Å²) in [6.45, 7) is 0. The lowest BCUT2D eigenvalue weighted by Crippen LogP contribution is -2.41. The minimum atomic E-state index is -4.00. The molecule has 0 saturated heterocycles. The Morgan fingerprint density at radius 3 is 2.63 bits per heavy atom. The molecule has 1 aromatic heterocycles. The topological polar surface area (TPSA) is 144 Å². The number of aryl methyl sites for hydroxylation is 1. The van der Waals surface area contributed by atoms with Gasteiger partial charge in [-0.25, -0.2) is 8.42 Å². The maximum Gasteiger partial charge on any atom is 0.321 e. The fourth-order valence-corrected chi connectivity index (χ4v) is 2.52. The van der Waals surface area contributed by atoms with Crippen LogP contribution in [0.2, 0.25) is 0 Å². The molecule has 0 saturated carbocycles. The molecule has 0 aliphatic rings. The Morgan fingerprint density at radius 2 is 2.21 bits per heavy atom. The number of primary amides is 1. The van der Waals surface area contributed by atoms with E-state index in [1.54, 1.807) is 0 Å². The lowest BCUT2D eigenvalue weighted by atomic mass is 10.2. The first kappa shape index (κ1) is 15.1. The summed E-state index contributed by atoms with van der Waals surface area (Å²) in [5.74, 6) is -2.08. The standard InChI is InChI=1S/C9H14N4O5S/c1-13-5-6(4-11-13)19(17,18)12-7(9(15)16)2-3-8(10)14/h4-5,7,12H,2-3H2,1H3,(H2,10,14)(H,15,16)/t7-/m0/s1. The van der Waals surface area contributed by atoms with Crippen molar-refractivity contribution in [1.29, 1.82) is 0 Å². The molecule has 0 radical (unpaired) electrons. The molecule has 19 heavy (non-hydrogen) atoms. The summed E-state index contributed by atoms with van der Waals surface area (Å²) in [6.07, 6.45) is 1.88. The van der Waals surface area contributed by atoms with Crippen LogP contribution in [0.3, 0.4) is 0 Å². The Bertz CT molecular complexity index is 579. The van der Waals surface area contributed by atoms with Crippen molar-refractivity contribution in [3.8, 4) is 0 Å². The van der Waals surface area contributed by atoms with Crippen molar-refractivity contribution in [3.63, 3.8) is 0 Å². The number of aliphatic carboxylic acids is 1. The summed E-state index contributed by atoms with van der Waals surface area (Å²) in [4.78, 5) is 21.4. The molecule has 0 unspecified atom stereocenters. The third kappa shape index (κ3) is 4.34. The molecular weight excluding hydrogens is 276 g/mol. The number of hydrogen-bond acceptors (Lipinski definition) is 5. The van der Waals surface area contributed by atoms with Crippen LogP contribution in [-0.2, 0) is 26.7 Å². The van der Waals surface area contributed by atoms with Crippen LogP contribution in [0.1, 0.15) is 12.8 Å². The fraction of sp³-hybridized carbons (Fsp3) is 0.444. The van der Waals surface area contributed by atoms with E-state index in [0.29, 0.717) is 0 Å². The largest absolute Gasteiger partial charge is 0.480 e. The number of carbonyl (C=O) groups excluding carboxylic acids is 1. The Kier molecular flexibility index (Phi) is 4.62. The zero-order valence-electron chi connectivity index (χ0n) is 10.1. The van der Waals surface area contributed by atoms with Gasteiger partial charge in [0.1, 0.15) is 10.9 Å². The average Bonchev–Trinajstić information content (AvgIpc) is 2.71. The molecule has 0 spiro atoms. The number of nitrogens with two attached hydrogens (primary N) is 1. The van der Waals surface area contributed by atoms with E-state index in [4.69, 9.17) is 10.8 Å². The van der Waals surface area contributed by atoms with Crippen LogP contribution >= 0.6 is 0 Å². The number of carboxylic acids is 1. The number of sulfonamides is 1. The number of nitrogens with one attached hydrogen (secondary N) is 1. The van der Waals surface area contributed by atoms with Gasteiger partial charge in [-0.2, -0.15) is 9.82 Å². The summed E-state index contributed by atoms with van der Waals surface area (Å²) < 4.78 is 27.0. The van der Waals surface area contributed by atoms with Crippen LogP contribution in [0.25, 0.3) is 0 Å². The van der Waals surface area contributed by atoms with E-state index in [1.165, 1.54) is 17.9 Å². The molecule has 0 aromatic carbocycles. The van der Waals surface area contributed by atoms with E-state index in [2.05, 4.69) is 5.10 Å². The third-order valence-corrected chi connectivity index (χ3v) is 3.69. The average molecular weight is 290 g/mol. The molecule has 1 atom stereocenters. The van der Waals surface area contributed by atoms with Gasteiger partial charge in [0.05, 0.1) is 6.20 Å². The monoisotopic (exact) mass is 290 g/mol. The number of nitrogens with zero attached hydrogens (tertiary/aromatic N) is 2. The molecule has 1 heterocycles. The SMILES string of the molecule is Cn1cc(S(=O)(=O)N[C@@H](CCC(N)=O)C(=O)O)cn1. The summed E-state index contributed by atoms with van der Waals surface area (Å²) in [5.41, 5.74) is 4.90. The summed E-state index contributed by atoms with van der Waals surface area (Å²) in [7, 11) is -2.47. The van der Waals surface area contributed by atoms with Crippen molar-refractivity contribution in [2.75, 3.05) is 0 Å². The van der Waals surface area contributed by atoms with Gasteiger partial charge < -0.3 is 10.8 Å². The zero-order valence-corrected chi connectivity index (χ0v) is 10.9. The molecule has 106 valence electrons. The lowest BCUT2D eigenvalue weighted by Gasteiger charge is -2.12. The second-order valence-electron chi connectivity index (χ2n) is 3.87. The highest BCUT2D eigenvalue weighted by Crippen LogP contribution is 2.09. The Morgan fingerprint density at radius 1 is 1.58 bits per heavy atom. The molecule has 0 fully saturated rings. The Balaban J connectivity index is 2.84. The number of carbonyl (C=O) groups is 2. The van der Waals surface area contributed by atoms with E-state index >= 15 is 0 Å².